The number of allylic oxidation sites excluding steroid dienone is 1. The number of unbranched alkanes of at least 4 members (excludes halogenated alkanes) is 1. The molecule has 1 N–H and O–H groups in total. The van der Waals surface area contributed by atoms with Crippen molar-refractivity contribution in [1.82, 2.24) is 14.8 Å². The Kier molecular flexibility index (Phi) is 6.90. The van der Waals surface area contributed by atoms with Crippen LogP contribution in [0, 0.1) is 5.92 Å². The van der Waals surface area contributed by atoms with Crippen molar-refractivity contribution in [3.8, 4) is 5.75 Å². The predicted octanol–water partition coefficient (Wildman–Crippen LogP) is 4.34. The van der Waals surface area contributed by atoms with E-state index in [4.69, 9.17) is 9.47 Å². The van der Waals surface area contributed by atoms with Crippen LogP contribution in [0.3, 0.4) is 0 Å². The summed E-state index contributed by atoms with van der Waals surface area (Å²) in [6.07, 6.45) is 4.30. The zero-order valence-electron chi connectivity index (χ0n) is 17.6. The second kappa shape index (κ2) is 9.58. The molecule has 156 valence electrons. The summed E-state index contributed by atoms with van der Waals surface area (Å²) < 4.78 is 13.1. The van der Waals surface area contributed by atoms with Gasteiger partial charge < -0.3 is 14.8 Å². The summed E-state index contributed by atoms with van der Waals surface area (Å²) in [7, 11) is 0. The highest BCUT2D eigenvalue weighted by Gasteiger charge is 2.34. The number of fused-ring (bicyclic) bond motifs is 1. The van der Waals surface area contributed by atoms with Crippen LogP contribution in [0.4, 0.5) is 5.95 Å². The number of ether oxygens (including phenoxy) is 2. The molecule has 0 amide bonds. The first-order valence-electron chi connectivity index (χ1n) is 10.3. The van der Waals surface area contributed by atoms with Crippen molar-refractivity contribution >= 4 is 11.9 Å². The molecule has 1 atom stereocenters. The van der Waals surface area contributed by atoms with Crippen LogP contribution in [0.1, 0.15) is 58.6 Å². The van der Waals surface area contributed by atoms with Crippen LogP contribution in [-0.4, -0.2) is 33.9 Å². The highest BCUT2D eigenvalue weighted by Crippen LogP contribution is 2.35. The van der Waals surface area contributed by atoms with Crippen molar-refractivity contribution in [2.45, 2.75) is 53.0 Å². The maximum absolute atomic E-state index is 12.9. The van der Waals surface area contributed by atoms with Gasteiger partial charge in [-0.2, -0.15) is 10.1 Å². The molecule has 3 rings (SSSR count). The lowest BCUT2D eigenvalue weighted by atomic mass is 9.96. The van der Waals surface area contributed by atoms with Crippen molar-refractivity contribution in [2.75, 3.05) is 18.5 Å². The largest absolute Gasteiger partial charge is 0.494 e. The van der Waals surface area contributed by atoms with Gasteiger partial charge in [0, 0.05) is 5.70 Å². The molecule has 1 unspecified atom stereocenters. The zero-order valence-corrected chi connectivity index (χ0v) is 17.6. The fourth-order valence-electron chi connectivity index (χ4n) is 3.21. The van der Waals surface area contributed by atoms with Gasteiger partial charge in [0.2, 0.25) is 5.95 Å². The van der Waals surface area contributed by atoms with Crippen LogP contribution in [0.15, 0.2) is 41.9 Å². The molecular weight excluding hydrogens is 368 g/mol. The fourth-order valence-corrected chi connectivity index (χ4v) is 3.21. The Balaban J connectivity index is 1.85. The molecule has 0 spiro atoms. The van der Waals surface area contributed by atoms with E-state index in [1.54, 1.807) is 4.68 Å². The Morgan fingerprint density at radius 2 is 2.00 bits per heavy atom. The minimum absolute atomic E-state index is 0.327. The monoisotopic (exact) mass is 398 g/mol. The van der Waals surface area contributed by atoms with Gasteiger partial charge in [-0.1, -0.05) is 39.3 Å². The highest BCUT2D eigenvalue weighted by molar-refractivity contribution is 5.92. The standard InChI is InChI=1S/C22H30N4O3/c1-5-6-12-29-21(27)19-16(4)25-22-23-14-24-26(22)20(19)17-7-9-18(10-8-17)28-13-11-15(2)3/h7-10,14-15,20H,5-6,11-13H2,1-4H3,(H,23,24,25). The molecule has 7 nitrogen and oxygen atoms in total. The number of benzene rings is 1. The summed E-state index contributed by atoms with van der Waals surface area (Å²) in [5.74, 6) is 1.70. The molecule has 1 aromatic heterocycles. The van der Waals surface area contributed by atoms with Crippen LogP contribution in [0.5, 0.6) is 5.75 Å². The molecule has 1 aliphatic heterocycles. The van der Waals surface area contributed by atoms with Crippen molar-refractivity contribution in [3.05, 3.63) is 47.4 Å². The highest BCUT2D eigenvalue weighted by atomic mass is 16.5. The molecule has 2 aromatic rings. The molecule has 1 aliphatic rings. The van der Waals surface area contributed by atoms with Gasteiger partial charge in [-0.3, -0.25) is 0 Å². The average molecular weight is 399 g/mol. The minimum Gasteiger partial charge on any atom is -0.494 e. The summed E-state index contributed by atoms with van der Waals surface area (Å²) in [5.41, 5.74) is 2.21. The SMILES string of the molecule is CCCCOC(=O)C1=C(C)Nc2ncnn2C1c1ccc(OCCC(C)C)cc1. The van der Waals surface area contributed by atoms with Gasteiger partial charge in [0.05, 0.1) is 18.8 Å². The summed E-state index contributed by atoms with van der Waals surface area (Å²) in [6, 6.07) is 7.41. The van der Waals surface area contributed by atoms with E-state index in [0.29, 0.717) is 30.7 Å². The first-order chi connectivity index (χ1) is 14.0. The number of carbonyl (C=O) groups excluding carboxylic acids is 1. The Morgan fingerprint density at radius 3 is 2.69 bits per heavy atom. The van der Waals surface area contributed by atoms with Crippen molar-refractivity contribution in [1.29, 1.82) is 0 Å². The number of aromatic nitrogens is 3. The van der Waals surface area contributed by atoms with Crippen LogP contribution in [0.25, 0.3) is 0 Å². The third-order valence-electron chi connectivity index (χ3n) is 4.91. The number of esters is 1. The van der Waals surface area contributed by atoms with Crippen LogP contribution >= 0.6 is 0 Å². The molecule has 0 fully saturated rings. The lowest BCUT2D eigenvalue weighted by molar-refractivity contribution is -0.139. The zero-order chi connectivity index (χ0) is 20.8. The van der Waals surface area contributed by atoms with Crippen LogP contribution in [0.2, 0.25) is 0 Å². The van der Waals surface area contributed by atoms with E-state index in [2.05, 4.69) is 36.2 Å². The molecule has 2 heterocycles. The minimum atomic E-state index is -0.396. The number of nitrogens with one attached hydrogen (secondary N) is 1. The van der Waals surface area contributed by atoms with Crippen molar-refractivity contribution < 1.29 is 14.3 Å². The number of hydrogen-bond donors (Lipinski definition) is 1. The topological polar surface area (TPSA) is 78.3 Å². The fraction of sp³-hybridized carbons (Fsp3) is 0.500. The first kappa shape index (κ1) is 20.9. The number of anilines is 1. The third kappa shape index (κ3) is 4.96. The number of nitrogens with zero attached hydrogens (tertiary/aromatic N) is 3. The normalized spacial score (nSPS) is 15.8. The molecule has 0 aliphatic carbocycles. The lowest BCUT2D eigenvalue weighted by Crippen LogP contribution is -2.29. The van der Waals surface area contributed by atoms with E-state index in [0.717, 1.165) is 36.3 Å². The Labute approximate surface area is 172 Å². The number of carbonyl (C=O) groups is 1. The van der Waals surface area contributed by atoms with Crippen LogP contribution in [-0.2, 0) is 9.53 Å². The maximum atomic E-state index is 12.9. The van der Waals surface area contributed by atoms with E-state index >= 15 is 0 Å². The second-order valence-corrected chi connectivity index (χ2v) is 7.68. The molecule has 0 radical (unpaired) electrons. The van der Waals surface area contributed by atoms with E-state index in [1.807, 2.05) is 31.2 Å². The van der Waals surface area contributed by atoms with Gasteiger partial charge in [-0.25, -0.2) is 9.48 Å². The Bertz CT molecular complexity index is 855. The molecular formula is C22H30N4O3. The molecule has 29 heavy (non-hydrogen) atoms. The van der Waals surface area contributed by atoms with Crippen molar-refractivity contribution in [3.63, 3.8) is 0 Å². The molecule has 0 saturated heterocycles. The van der Waals surface area contributed by atoms with Gasteiger partial charge in [0.1, 0.15) is 18.1 Å². The molecule has 0 saturated carbocycles. The number of rotatable bonds is 9. The van der Waals surface area contributed by atoms with Crippen molar-refractivity contribution in [2.24, 2.45) is 5.92 Å². The summed E-state index contributed by atoms with van der Waals surface area (Å²) in [5, 5.41) is 7.49. The average Bonchev–Trinajstić information content (AvgIpc) is 3.15. The molecule has 1 aromatic carbocycles. The second-order valence-electron chi connectivity index (χ2n) is 7.68. The maximum Gasteiger partial charge on any atom is 0.338 e. The molecule has 0 bridgehead atoms. The van der Waals surface area contributed by atoms with E-state index < -0.39 is 6.04 Å². The van der Waals surface area contributed by atoms with Gasteiger partial charge in [-0.05, 0) is 43.4 Å². The quantitative estimate of drug-likeness (QED) is 0.500. The lowest BCUT2D eigenvalue weighted by Gasteiger charge is -2.28. The van der Waals surface area contributed by atoms with Gasteiger partial charge >= 0.3 is 5.97 Å². The summed E-state index contributed by atoms with van der Waals surface area (Å²) in [6.45, 7) is 9.38. The van der Waals surface area contributed by atoms with Gasteiger partial charge in [0.15, 0.2) is 0 Å². The Hall–Kier alpha value is -2.83. The first-order valence-corrected chi connectivity index (χ1v) is 10.3. The van der Waals surface area contributed by atoms with Crippen LogP contribution < -0.4 is 10.1 Å². The summed E-state index contributed by atoms with van der Waals surface area (Å²) in [4.78, 5) is 17.1. The third-order valence-corrected chi connectivity index (χ3v) is 4.91. The molecule has 7 heteroatoms. The predicted molar refractivity (Wildman–Crippen MR) is 112 cm³/mol. The van der Waals surface area contributed by atoms with E-state index in [1.165, 1.54) is 6.33 Å². The van der Waals surface area contributed by atoms with E-state index in [-0.39, 0.29) is 5.97 Å². The number of hydrogen-bond acceptors (Lipinski definition) is 6. The van der Waals surface area contributed by atoms with E-state index in [9.17, 15) is 4.79 Å². The Morgan fingerprint density at radius 1 is 1.24 bits per heavy atom. The summed E-state index contributed by atoms with van der Waals surface area (Å²) >= 11 is 0. The van der Waals surface area contributed by atoms with Gasteiger partial charge in [-0.15, -0.1) is 0 Å². The van der Waals surface area contributed by atoms with Gasteiger partial charge in [0.25, 0.3) is 0 Å². The smallest absolute Gasteiger partial charge is 0.338 e.